The van der Waals surface area contributed by atoms with E-state index in [0.29, 0.717) is 16.8 Å². The van der Waals surface area contributed by atoms with Gasteiger partial charge in [-0.1, -0.05) is 69.5 Å². The molecule has 30 heavy (non-hydrogen) atoms. The first-order chi connectivity index (χ1) is 14.3. The molecule has 0 aliphatic carbocycles. The van der Waals surface area contributed by atoms with Crippen molar-refractivity contribution in [2.45, 2.75) is 20.8 Å². The number of nitrogens with one attached hydrogen (secondary N) is 1. The average Bonchev–Trinajstić information content (AvgIpc) is 2.93. The number of carbonyl (C=O) groups excluding carboxylic acids is 2. The summed E-state index contributed by atoms with van der Waals surface area (Å²) in [6.07, 6.45) is 0. The van der Waals surface area contributed by atoms with Crippen molar-refractivity contribution in [3.8, 4) is 0 Å². The fraction of sp³-hybridized carbons (Fsp3) is 0.120. The number of benzene rings is 3. The van der Waals surface area contributed by atoms with E-state index in [0.717, 1.165) is 26.9 Å². The minimum Gasteiger partial charge on any atom is -0.350 e. The summed E-state index contributed by atoms with van der Waals surface area (Å²) < 4.78 is 0.882. The summed E-state index contributed by atoms with van der Waals surface area (Å²) in [7, 11) is 0. The normalized spacial score (nSPS) is 13.9. The van der Waals surface area contributed by atoms with Crippen molar-refractivity contribution in [1.82, 2.24) is 0 Å². The monoisotopic (exact) mass is 460 g/mol. The van der Waals surface area contributed by atoms with Crippen LogP contribution in [0, 0.1) is 20.8 Å². The molecule has 4 nitrogen and oxygen atoms in total. The van der Waals surface area contributed by atoms with Crippen LogP contribution in [0.25, 0.3) is 5.57 Å². The van der Waals surface area contributed by atoms with Gasteiger partial charge in [0.25, 0.3) is 11.8 Å². The maximum absolute atomic E-state index is 13.5. The molecule has 0 radical (unpaired) electrons. The fourth-order valence-corrected chi connectivity index (χ4v) is 4.02. The summed E-state index contributed by atoms with van der Waals surface area (Å²) in [5.74, 6) is -0.684. The second kappa shape index (κ2) is 7.92. The molecule has 0 saturated carbocycles. The molecule has 1 aliphatic heterocycles. The number of rotatable bonds is 4. The highest BCUT2D eigenvalue weighted by Crippen LogP contribution is 2.35. The molecular weight excluding hydrogens is 440 g/mol. The van der Waals surface area contributed by atoms with Crippen LogP contribution in [0.2, 0.25) is 0 Å². The first kappa shape index (κ1) is 20.1. The van der Waals surface area contributed by atoms with Crippen LogP contribution in [0.15, 0.2) is 76.9 Å². The summed E-state index contributed by atoms with van der Waals surface area (Å²) in [5, 5.41) is 3.19. The largest absolute Gasteiger partial charge is 0.350 e. The third-order valence-corrected chi connectivity index (χ3v) is 5.60. The van der Waals surface area contributed by atoms with Crippen LogP contribution >= 0.6 is 15.9 Å². The van der Waals surface area contributed by atoms with Gasteiger partial charge in [-0.2, -0.15) is 0 Å². The van der Waals surface area contributed by atoms with Gasteiger partial charge in [0.1, 0.15) is 5.70 Å². The fourth-order valence-electron chi connectivity index (χ4n) is 3.62. The van der Waals surface area contributed by atoms with Crippen LogP contribution in [0.5, 0.6) is 0 Å². The minimum absolute atomic E-state index is 0.280. The van der Waals surface area contributed by atoms with Crippen LogP contribution in [0.3, 0.4) is 0 Å². The number of anilines is 2. The number of amides is 2. The molecule has 0 fully saturated rings. The molecule has 0 atom stereocenters. The molecule has 3 aromatic rings. The smallest absolute Gasteiger partial charge is 0.282 e. The van der Waals surface area contributed by atoms with Gasteiger partial charge in [0.15, 0.2) is 0 Å². The van der Waals surface area contributed by atoms with Crippen molar-refractivity contribution < 1.29 is 9.59 Å². The summed E-state index contributed by atoms with van der Waals surface area (Å²) in [6.45, 7) is 5.89. The molecule has 1 aliphatic rings. The lowest BCUT2D eigenvalue weighted by molar-refractivity contribution is -0.120. The maximum Gasteiger partial charge on any atom is 0.282 e. The molecule has 0 saturated heterocycles. The molecule has 0 unspecified atom stereocenters. The van der Waals surface area contributed by atoms with E-state index in [1.54, 1.807) is 0 Å². The van der Waals surface area contributed by atoms with E-state index in [2.05, 4.69) is 21.2 Å². The first-order valence-corrected chi connectivity index (χ1v) is 10.4. The number of carbonyl (C=O) groups is 2. The Morgan fingerprint density at radius 1 is 0.800 bits per heavy atom. The Morgan fingerprint density at radius 3 is 2.17 bits per heavy atom. The lowest BCUT2D eigenvalue weighted by atomic mass is 10.0. The zero-order valence-corrected chi connectivity index (χ0v) is 18.6. The second-order valence-electron chi connectivity index (χ2n) is 7.49. The van der Waals surface area contributed by atoms with Crippen molar-refractivity contribution in [3.63, 3.8) is 0 Å². The SMILES string of the molecule is Cc1ccc(C2=C(Nc3cccc(Br)c3)C(=O)N(c3ccc(C)cc3C)C2=O)cc1. The molecule has 3 aromatic carbocycles. The topological polar surface area (TPSA) is 49.4 Å². The Kier molecular flexibility index (Phi) is 5.31. The molecule has 1 heterocycles. The van der Waals surface area contributed by atoms with Crippen molar-refractivity contribution in [3.05, 3.63) is 99.2 Å². The minimum atomic E-state index is -0.359. The summed E-state index contributed by atoms with van der Waals surface area (Å²) in [5.41, 5.74) is 5.74. The van der Waals surface area contributed by atoms with Gasteiger partial charge in [-0.15, -0.1) is 0 Å². The van der Waals surface area contributed by atoms with Gasteiger partial charge >= 0.3 is 0 Å². The number of halogens is 1. The lowest BCUT2D eigenvalue weighted by Gasteiger charge is -2.18. The lowest BCUT2D eigenvalue weighted by Crippen LogP contribution is -2.33. The quantitative estimate of drug-likeness (QED) is 0.502. The van der Waals surface area contributed by atoms with Crippen molar-refractivity contribution >= 4 is 44.7 Å². The molecular formula is C25H21BrN2O2. The second-order valence-corrected chi connectivity index (χ2v) is 8.40. The van der Waals surface area contributed by atoms with Crippen LogP contribution in [-0.2, 0) is 9.59 Å². The van der Waals surface area contributed by atoms with Crippen molar-refractivity contribution in [1.29, 1.82) is 0 Å². The summed E-state index contributed by atoms with van der Waals surface area (Å²) in [6, 6.07) is 20.9. The molecule has 1 N–H and O–H groups in total. The van der Waals surface area contributed by atoms with E-state index in [9.17, 15) is 9.59 Å². The van der Waals surface area contributed by atoms with Crippen LogP contribution in [0.1, 0.15) is 22.3 Å². The molecule has 2 amide bonds. The highest BCUT2D eigenvalue weighted by molar-refractivity contribution is 9.10. The predicted molar refractivity (Wildman–Crippen MR) is 124 cm³/mol. The zero-order valence-electron chi connectivity index (χ0n) is 17.0. The Bertz CT molecular complexity index is 1200. The standard InChI is InChI=1S/C25H21BrN2O2/c1-15-7-10-18(11-8-15)22-23(27-20-6-4-5-19(26)14-20)25(30)28(24(22)29)21-12-9-16(2)13-17(21)3/h4-14,27H,1-3H3. The van der Waals surface area contributed by atoms with Gasteiger partial charge in [0.2, 0.25) is 0 Å². The highest BCUT2D eigenvalue weighted by atomic mass is 79.9. The summed E-state index contributed by atoms with van der Waals surface area (Å²) >= 11 is 3.45. The van der Waals surface area contributed by atoms with Crippen LogP contribution in [-0.4, -0.2) is 11.8 Å². The van der Waals surface area contributed by atoms with E-state index in [1.165, 1.54) is 4.90 Å². The van der Waals surface area contributed by atoms with E-state index in [1.807, 2.05) is 87.5 Å². The predicted octanol–water partition coefficient (Wildman–Crippen LogP) is 5.77. The molecule has 0 spiro atoms. The van der Waals surface area contributed by atoms with E-state index < -0.39 is 0 Å². The van der Waals surface area contributed by atoms with E-state index in [-0.39, 0.29) is 17.5 Å². The van der Waals surface area contributed by atoms with E-state index >= 15 is 0 Å². The maximum atomic E-state index is 13.5. The highest BCUT2D eigenvalue weighted by Gasteiger charge is 2.40. The van der Waals surface area contributed by atoms with Crippen molar-refractivity contribution in [2.75, 3.05) is 10.2 Å². The Labute approximate surface area is 184 Å². The number of hydrogen-bond donors (Lipinski definition) is 1. The molecule has 0 bridgehead atoms. The Hall–Kier alpha value is -3.18. The van der Waals surface area contributed by atoms with Gasteiger partial charge in [-0.05, 0) is 56.2 Å². The van der Waals surface area contributed by atoms with Gasteiger partial charge in [0, 0.05) is 10.2 Å². The van der Waals surface area contributed by atoms with Crippen LogP contribution < -0.4 is 10.2 Å². The average molecular weight is 461 g/mol. The molecule has 4 rings (SSSR count). The van der Waals surface area contributed by atoms with Gasteiger partial charge in [-0.3, -0.25) is 9.59 Å². The van der Waals surface area contributed by atoms with Gasteiger partial charge in [-0.25, -0.2) is 4.90 Å². The number of nitrogens with zero attached hydrogens (tertiary/aromatic N) is 1. The molecule has 150 valence electrons. The zero-order chi connectivity index (χ0) is 21.4. The Balaban J connectivity index is 1.84. The number of aryl methyl sites for hydroxylation is 3. The molecule has 5 heteroatoms. The summed E-state index contributed by atoms with van der Waals surface area (Å²) in [4.78, 5) is 28.2. The third kappa shape index (κ3) is 3.68. The molecule has 0 aromatic heterocycles. The third-order valence-electron chi connectivity index (χ3n) is 5.11. The first-order valence-electron chi connectivity index (χ1n) is 9.65. The Morgan fingerprint density at radius 2 is 1.50 bits per heavy atom. The van der Waals surface area contributed by atoms with E-state index in [4.69, 9.17) is 0 Å². The van der Waals surface area contributed by atoms with Crippen LogP contribution in [0.4, 0.5) is 11.4 Å². The number of imide groups is 1. The van der Waals surface area contributed by atoms with Crippen molar-refractivity contribution in [2.24, 2.45) is 0 Å². The number of hydrogen-bond acceptors (Lipinski definition) is 3. The van der Waals surface area contributed by atoms with Gasteiger partial charge < -0.3 is 5.32 Å². The van der Waals surface area contributed by atoms with Gasteiger partial charge in [0.05, 0.1) is 11.3 Å².